The van der Waals surface area contributed by atoms with E-state index in [4.69, 9.17) is 16.1 Å². The molecular weight excluding hydrogens is 428 g/mol. The van der Waals surface area contributed by atoms with E-state index in [2.05, 4.69) is 10.1 Å². The van der Waals surface area contributed by atoms with E-state index in [9.17, 15) is 13.2 Å². The van der Waals surface area contributed by atoms with Crippen LogP contribution < -0.4 is 4.31 Å². The molecule has 0 fully saturated rings. The van der Waals surface area contributed by atoms with Crippen LogP contribution in [-0.2, 0) is 21.4 Å². The van der Waals surface area contributed by atoms with Crippen LogP contribution in [0.25, 0.3) is 11.4 Å². The normalized spacial score (nSPS) is 11.3. The first-order chi connectivity index (χ1) is 14.1. The van der Waals surface area contributed by atoms with Crippen molar-refractivity contribution in [3.8, 4) is 11.4 Å². The first-order valence-electron chi connectivity index (χ1n) is 9.00. The number of hydrogen-bond acceptors (Lipinski definition) is 6. The van der Waals surface area contributed by atoms with Crippen LogP contribution in [0.15, 0.2) is 53.1 Å². The minimum absolute atomic E-state index is 0.0515. The molecule has 8 nitrogen and oxygen atoms in total. The minimum atomic E-state index is -3.68. The zero-order chi connectivity index (χ0) is 21.9. The molecule has 0 N–H and O–H groups in total. The summed E-state index contributed by atoms with van der Waals surface area (Å²) in [5.74, 6) is 0.249. The van der Waals surface area contributed by atoms with Crippen LogP contribution in [0.2, 0.25) is 5.02 Å². The summed E-state index contributed by atoms with van der Waals surface area (Å²) in [6.45, 7) is 1.65. The number of anilines is 1. The fraction of sp³-hybridized carbons (Fsp3) is 0.250. The lowest BCUT2D eigenvalue weighted by molar-refractivity contribution is -0.129. The predicted octanol–water partition coefficient (Wildman–Crippen LogP) is 3.12. The maximum Gasteiger partial charge on any atom is 0.246 e. The van der Waals surface area contributed by atoms with Crippen LogP contribution >= 0.6 is 11.6 Å². The van der Waals surface area contributed by atoms with Gasteiger partial charge < -0.3 is 9.42 Å². The Morgan fingerprint density at radius 3 is 2.50 bits per heavy atom. The van der Waals surface area contributed by atoms with E-state index in [0.717, 1.165) is 21.7 Å². The van der Waals surface area contributed by atoms with E-state index in [1.807, 2.05) is 31.2 Å². The Labute approximate surface area is 180 Å². The third-order valence-electron chi connectivity index (χ3n) is 4.34. The number of aryl methyl sites for hydroxylation is 1. The Hall–Kier alpha value is -2.91. The summed E-state index contributed by atoms with van der Waals surface area (Å²) < 4.78 is 30.7. The molecule has 3 rings (SSSR count). The SMILES string of the molecule is Cc1cccc(-c2noc(CN(C)C(=O)CN(c3ccc(Cl)cc3)S(C)(=O)=O)n2)c1. The molecule has 30 heavy (non-hydrogen) atoms. The summed E-state index contributed by atoms with van der Waals surface area (Å²) in [6, 6.07) is 13.9. The van der Waals surface area contributed by atoms with Gasteiger partial charge in [0.05, 0.1) is 18.5 Å². The average Bonchev–Trinajstić information content (AvgIpc) is 3.14. The second kappa shape index (κ2) is 8.85. The fourth-order valence-electron chi connectivity index (χ4n) is 2.76. The number of sulfonamides is 1. The molecular formula is C20H21ClN4O4S. The number of benzene rings is 2. The van der Waals surface area contributed by atoms with E-state index < -0.39 is 15.9 Å². The number of likely N-dealkylation sites (N-methyl/N-ethyl adjacent to an activating group) is 1. The molecule has 0 radical (unpaired) electrons. The molecule has 0 unspecified atom stereocenters. The molecule has 0 atom stereocenters. The molecule has 0 bridgehead atoms. The van der Waals surface area contributed by atoms with Gasteiger partial charge in [0.15, 0.2) is 0 Å². The Balaban J connectivity index is 1.71. The van der Waals surface area contributed by atoms with Crippen LogP contribution in [0.1, 0.15) is 11.5 Å². The van der Waals surface area contributed by atoms with Crippen LogP contribution in [0, 0.1) is 6.92 Å². The van der Waals surface area contributed by atoms with E-state index in [-0.39, 0.29) is 19.0 Å². The maximum atomic E-state index is 12.7. The van der Waals surface area contributed by atoms with Crippen molar-refractivity contribution >= 4 is 33.2 Å². The number of hydrogen-bond donors (Lipinski definition) is 0. The monoisotopic (exact) mass is 448 g/mol. The highest BCUT2D eigenvalue weighted by Crippen LogP contribution is 2.21. The van der Waals surface area contributed by atoms with Crippen molar-refractivity contribution in [3.63, 3.8) is 0 Å². The molecule has 1 amide bonds. The lowest BCUT2D eigenvalue weighted by atomic mass is 10.1. The van der Waals surface area contributed by atoms with Crippen LogP contribution in [-0.4, -0.2) is 49.2 Å². The lowest BCUT2D eigenvalue weighted by Crippen LogP contribution is -2.41. The quantitative estimate of drug-likeness (QED) is 0.551. The van der Waals surface area contributed by atoms with Crippen molar-refractivity contribution in [3.05, 3.63) is 65.0 Å². The number of rotatable bonds is 7. The number of amides is 1. The summed E-state index contributed by atoms with van der Waals surface area (Å²) in [5, 5.41) is 4.42. The highest BCUT2D eigenvalue weighted by atomic mass is 35.5. The summed E-state index contributed by atoms with van der Waals surface area (Å²) in [6.07, 6.45) is 1.04. The number of nitrogens with zero attached hydrogens (tertiary/aromatic N) is 4. The first-order valence-corrected chi connectivity index (χ1v) is 11.2. The molecule has 0 saturated heterocycles. The summed E-state index contributed by atoms with van der Waals surface area (Å²) in [4.78, 5) is 18.3. The Morgan fingerprint density at radius 2 is 1.87 bits per heavy atom. The van der Waals surface area contributed by atoms with Crippen molar-refractivity contribution in [2.75, 3.05) is 24.2 Å². The van der Waals surface area contributed by atoms with E-state index in [1.54, 1.807) is 31.3 Å². The third-order valence-corrected chi connectivity index (χ3v) is 5.73. The lowest BCUT2D eigenvalue weighted by Gasteiger charge is -2.24. The molecule has 10 heteroatoms. The predicted molar refractivity (Wildman–Crippen MR) is 115 cm³/mol. The van der Waals surface area contributed by atoms with Gasteiger partial charge in [0.25, 0.3) is 0 Å². The van der Waals surface area contributed by atoms with Crippen molar-refractivity contribution in [1.29, 1.82) is 0 Å². The molecule has 0 saturated carbocycles. The zero-order valence-corrected chi connectivity index (χ0v) is 18.3. The van der Waals surface area contributed by atoms with Crippen LogP contribution in [0.5, 0.6) is 0 Å². The second-order valence-corrected chi connectivity index (χ2v) is 9.22. The van der Waals surface area contributed by atoms with Gasteiger partial charge in [-0.2, -0.15) is 4.98 Å². The van der Waals surface area contributed by atoms with Gasteiger partial charge in [-0.3, -0.25) is 9.10 Å². The van der Waals surface area contributed by atoms with Gasteiger partial charge >= 0.3 is 0 Å². The molecule has 1 aromatic heterocycles. The summed E-state index contributed by atoms with van der Waals surface area (Å²) in [7, 11) is -2.13. The zero-order valence-electron chi connectivity index (χ0n) is 16.7. The van der Waals surface area contributed by atoms with Gasteiger partial charge in [-0.1, -0.05) is 40.5 Å². The van der Waals surface area contributed by atoms with E-state index >= 15 is 0 Å². The van der Waals surface area contributed by atoms with Crippen molar-refractivity contribution in [2.45, 2.75) is 13.5 Å². The number of aromatic nitrogens is 2. The highest BCUT2D eigenvalue weighted by molar-refractivity contribution is 7.92. The highest BCUT2D eigenvalue weighted by Gasteiger charge is 2.23. The van der Waals surface area contributed by atoms with Gasteiger partial charge in [0.2, 0.25) is 27.6 Å². The van der Waals surface area contributed by atoms with Gasteiger partial charge in [-0.25, -0.2) is 8.42 Å². The Kier molecular flexibility index (Phi) is 6.42. The molecule has 0 aliphatic rings. The molecule has 2 aromatic carbocycles. The standard InChI is InChI=1S/C20H21ClN4O4S/c1-14-5-4-6-15(11-14)20-22-18(29-23-20)12-24(2)19(26)13-25(30(3,27)28)17-9-7-16(21)8-10-17/h4-11H,12-13H2,1-3H3. The molecule has 3 aromatic rings. The summed E-state index contributed by atoms with van der Waals surface area (Å²) in [5.41, 5.74) is 2.22. The largest absolute Gasteiger partial charge is 0.337 e. The fourth-order valence-corrected chi connectivity index (χ4v) is 3.74. The van der Waals surface area contributed by atoms with Crippen molar-refractivity contribution in [1.82, 2.24) is 15.0 Å². The van der Waals surface area contributed by atoms with Crippen LogP contribution in [0.4, 0.5) is 5.69 Å². The van der Waals surface area contributed by atoms with Gasteiger partial charge in [-0.05, 0) is 37.3 Å². The smallest absolute Gasteiger partial charge is 0.246 e. The van der Waals surface area contributed by atoms with Gasteiger partial charge in [0.1, 0.15) is 6.54 Å². The van der Waals surface area contributed by atoms with Crippen molar-refractivity contribution in [2.24, 2.45) is 0 Å². The van der Waals surface area contributed by atoms with E-state index in [1.165, 1.54) is 4.90 Å². The molecule has 0 aliphatic carbocycles. The molecule has 1 heterocycles. The molecule has 158 valence electrons. The summed E-state index contributed by atoms with van der Waals surface area (Å²) >= 11 is 5.87. The van der Waals surface area contributed by atoms with E-state index in [0.29, 0.717) is 16.5 Å². The van der Waals surface area contributed by atoms with Crippen LogP contribution in [0.3, 0.4) is 0 Å². The average molecular weight is 449 g/mol. The Bertz CT molecular complexity index is 1150. The van der Waals surface area contributed by atoms with Gasteiger partial charge in [-0.15, -0.1) is 0 Å². The Morgan fingerprint density at radius 1 is 1.17 bits per heavy atom. The first kappa shape index (κ1) is 21.8. The number of carbonyl (C=O) groups is 1. The second-order valence-electron chi connectivity index (χ2n) is 6.88. The topological polar surface area (TPSA) is 96.6 Å². The minimum Gasteiger partial charge on any atom is -0.337 e. The molecule has 0 aliphatic heterocycles. The van der Waals surface area contributed by atoms with Gasteiger partial charge in [0, 0.05) is 17.6 Å². The number of halogens is 1. The molecule has 0 spiro atoms. The maximum absolute atomic E-state index is 12.7. The number of carbonyl (C=O) groups excluding carboxylic acids is 1. The third kappa shape index (κ3) is 5.37. The van der Waals surface area contributed by atoms with Crippen molar-refractivity contribution < 1.29 is 17.7 Å².